The molecule has 0 aromatic heterocycles. The molecule has 0 unspecified atom stereocenters. The van der Waals surface area contributed by atoms with E-state index in [4.69, 9.17) is 10.5 Å². The smallest absolute Gasteiger partial charge is 0.243 e. The molecule has 0 aliphatic rings. The van der Waals surface area contributed by atoms with Gasteiger partial charge in [-0.1, -0.05) is 57.5 Å². The first-order valence-corrected chi connectivity index (χ1v) is 16.2. The summed E-state index contributed by atoms with van der Waals surface area (Å²) in [6.07, 6.45) is 1.14. The number of ether oxygens (including phenoxy) is 1. The van der Waals surface area contributed by atoms with Crippen molar-refractivity contribution in [1.82, 2.24) is 4.31 Å². The molecule has 0 heterocycles. The molecule has 3 rings (SSSR count). The second-order valence-corrected chi connectivity index (χ2v) is 13.3. The van der Waals surface area contributed by atoms with Gasteiger partial charge in [-0.05, 0) is 72.7 Å². The number of anilines is 1. The van der Waals surface area contributed by atoms with Crippen LogP contribution in [-0.2, 0) is 16.4 Å². The van der Waals surface area contributed by atoms with Crippen LogP contribution < -0.4 is 10.5 Å². The molecule has 0 aliphatic carbocycles. The van der Waals surface area contributed by atoms with Crippen molar-refractivity contribution in [2.45, 2.75) is 63.9 Å². The number of nitrogens with zero attached hydrogens (tertiary/aromatic N) is 1. The van der Waals surface area contributed by atoms with Crippen molar-refractivity contribution in [2.24, 2.45) is 11.8 Å². The Kier molecular flexibility index (Phi) is 12.5. The van der Waals surface area contributed by atoms with E-state index in [0.29, 0.717) is 35.4 Å². The van der Waals surface area contributed by atoms with Gasteiger partial charge in [-0.25, -0.2) is 8.42 Å². The summed E-state index contributed by atoms with van der Waals surface area (Å²) in [5.41, 5.74) is 8.00. The van der Waals surface area contributed by atoms with Crippen molar-refractivity contribution in [1.29, 1.82) is 0 Å². The van der Waals surface area contributed by atoms with E-state index in [-0.39, 0.29) is 41.9 Å². The van der Waals surface area contributed by atoms with Crippen molar-refractivity contribution >= 4 is 27.3 Å². The Morgan fingerprint density at radius 2 is 1.56 bits per heavy atom. The van der Waals surface area contributed by atoms with Gasteiger partial charge >= 0.3 is 0 Å². The number of hydrogen-bond acceptors (Lipinski definition) is 7. The maximum Gasteiger partial charge on any atom is 0.243 e. The lowest BCUT2D eigenvalue weighted by molar-refractivity contribution is 0.0689. The summed E-state index contributed by atoms with van der Waals surface area (Å²) in [5, 5.41) is 11.6. The third-order valence-electron chi connectivity index (χ3n) is 7.35. The topological polar surface area (TPSA) is 127 Å². The Balaban J connectivity index is 1.91. The molecule has 43 heavy (non-hydrogen) atoms. The number of nitrogens with two attached hydrogens (primary N) is 1. The molecule has 2 atom stereocenters. The Morgan fingerprint density at radius 3 is 2.14 bits per heavy atom. The number of carbonyl (C=O) groups is 2. The highest BCUT2D eigenvalue weighted by Gasteiger charge is 2.32. The van der Waals surface area contributed by atoms with Gasteiger partial charge in [0.2, 0.25) is 10.0 Å². The van der Waals surface area contributed by atoms with E-state index in [9.17, 15) is 23.1 Å². The first kappa shape index (κ1) is 34.0. The molecule has 0 saturated heterocycles. The molecule has 0 spiro atoms. The summed E-state index contributed by atoms with van der Waals surface area (Å²) < 4.78 is 33.9. The van der Waals surface area contributed by atoms with Gasteiger partial charge in [0.05, 0.1) is 18.1 Å². The molecule has 0 aliphatic heterocycles. The molecular formula is C34H44N2O6S. The summed E-state index contributed by atoms with van der Waals surface area (Å²) in [6.45, 7) is 5.83. The maximum absolute atomic E-state index is 13.7. The number of rotatable bonds is 17. The molecule has 9 heteroatoms. The fourth-order valence-electron chi connectivity index (χ4n) is 5.00. The number of aliphatic hydroxyl groups excluding tert-OH is 1. The van der Waals surface area contributed by atoms with Crippen LogP contribution in [0, 0.1) is 11.8 Å². The highest BCUT2D eigenvalue weighted by Crippen LogP contribution is 2.26. The summed E-state index contributed by atoms with van der Waals surface area (Å²) in [6, 6.07) is 20.3. The van der Waals surface area contributed by atoms with Gasteiger partial charge in [0.1, 0.15) is 5.75 Å². The third-order valence-corrected chi connectivity index (χ3v) is 9.19. The van der Waals surface area contributed by atoms with Crippen molar-refractivity contribution in [3.8, 4) is 5.75 Å². The number of sulfonamides is 1. The average Bonchev–Trinajstić information content (AvgIpc) is 2.99. The quantitative estimate of drug-likeness (QED) is 0.147. The van der Waals surface area contributed by atoms with Gasteiger partial charge in [0.25, 0.3) is 0 Å². The van der Waals surface area contributed by atoms with E-state index in [1.165, 1.54) is 23.5 Å². The van der Waals surface area contributed by atoms with E-state index in [1.54, 1.807) is 30.3 Å². The number of aliphatic hydroxyl groups is 1. The number of benzene rings is 3. The van der Waals surface area contributed by atoms with Gasteiger partial charge in [-0.15, -0.1) is 0 Å². The van der Waals surface area contributed by atoms with E-state index in [2.05, 4.69) is 0 Å². The third kappa shape index (κ3) is 9.74. The highest BCUT2D eigenvalue weighted by atomic mass is 32.2. The molecule has 0 saturated carbocycles. The van der Waals surface area contributed by atoms with Crippen LogP contribution in [0.2, 0.25) is 0 Å². The Hall–Kier alpha value is -3.53. The predicted octanol–water partition coefficient (Wildman–Crippen LogP) is 5.79. The van der Waals surface area contributed by atoms with E-state index in [1.807, 2.05) is 51.1 Å². The minimum absolute atomic E-state index is 0.00890. The van der Waals surface area contributed by atoms with Crippen molar-refractivity contribution in [3.05, 3.63) is 89.5 Å². The van der Waals surface area contributed by atoms with Crippen LogP contribution in [0.3, 0.4) is 0 Å². The lowest BCUT2D eigenvalue weighted by Crippen LogP contribution is -2.43. The van der Waals surface area contributed by atoms with E-state index >= 15 is 0 Å². The van der Waals surface area contributed by atoms with Gasteiger partial charge in [-0.3, -0.25) is 9.59 Å². The second-order valence-electron chi connectivity index (χ2n) is 11.4. The largest absolute Gasteiger partial charge is 0.497 e. The van der Waals surface area contributed by atoms with Crippen LogP contribution in [0.25, 0.3) is 0 Å². The molecule has 0 bridgehead atoms. The maximum atomic E-state index is 13.7. The van der Waals surface area contributed by atoms with Crippen molar-refractivity contribution in [3.63, 3.8) is 0 Å². The summed E-state index contributed by atoms with van der Waals surface area (Å²) in [7, 11) is -2.44. The number of methoxy groups -OCH3 is 1. The van der Waals surface area contributed by atoms with Crippen LogP contribution in [0.4, 0.5) is 5.69 Å². The van der Waals surface area contributed by atoms with Crippen LogP contribution in [0.5, 0.6) is 5.75 Å². The predicted molar refractivity (Wildman–Crippen MR) is 170 cm³/mol. The molecule has 0 radical (unpaired) electrons. The number of Topliss-reactive ketones (excluding diaryl/α,β-unsaturated/α-hetero) is 2. The van der Waals surface area contributed by atoms with Crippen LogP contribution >= 0.6 is 0 Å². The molecule has 0 fully saturated rings. The molecule has 3 aromatic rings. The molecular weight excluding hydrogens is 564 g/mol. The lowest BCUT2D eigenvalue weighted by Gasteiger charge is -2.30. The fraction of sp³-hybridized carbons (Fsp3) is 0.412. The first-order chi connectivity index (χ1) is 20.4. The van der Waals surface area contributed by atoms with Crippen molar-refractivity contribution in [2.75, 3.05) is 25.9 Å². The lowest BCUT2D eigenvalue weighted by atomic mass is 9.87. The highest BCUT2D eigenvalue weighted by molar-refractivity contribution is 7.89. The molecule has 8 nitrogen and oxygen atoms in total. The zero-order chi connectivity index (χ0) is 31.6. The second kappa shape index (κ2) is 15.8. The number of unbranched alkanes of at least 4 members (excludes halogenated alkanes) is 1. The molecule has 3 aromatic carbocycles. The molecule has 232 valence electrons. The summed E-state index contributed by atoms with van der Waals surface area (Å²) >= 11 is 0. The van der Waals surface area contributed by atoms with E-state index in [0.717, 1.165) is 18.4 Å². The number of hydrogen-bond donors (Lipinski definition) is 2. The van der Waals surface area contributed by atoms with Gasteiger partial charge in [-0.2, -0.15) is 4.31 Å². The fourth-order valence-corrected chi connectivity index (χ4v) is 6.63. The number of carbonyl (C=O) groups excluding carboxylic acids is 2. The Morgan fingerprint density at radius 1 is 0.930 bits per heavy atom. The SMILES string of the molecule is CCCCC(=O)c1cc(N)cc(C(=O)C[C@@H](Cc2ccccc2)[C@H](O)CN(CC(C)C)S(=O)(=O)c2ccc(OC)cc2)c1. The summed E-state index contributed by atoms with van der Waals surface area (Å²) in [4.78, 5) is 26.4. The summed E-state index contributed by atoms with van der Waals surface area (Å²) in [5.74, 6) is -0.420. The zero-order valence-electron chi connectivity index (χ0n) is 25.5. The van der Waals surface area contributed by atoms with E-state index < -0.39 is 22.0 Å². The normalized spacial score (nSPS) is 13.2. The van der Waals surface area contributed by atoms with Gasteiger partial charge in [0, 0.05) is 42.7 Å². The molecule has 0 amide bonds. The van der Waals surface area contributed by atoms with Crippen molar-refractivity contribution < 1.29 is 27.9 Å². The van der Waals surface area contributed by atoms with Crippen LogP contribution in [0.15, 0.2) is 77.7 Å². The number of ketones is 2. The van der Waals surface area contributed by atoms with Gasteiger partial charge < -0.3 is 15.6 Å². The van der Waals surface area contributed by atoms with Crippen LogP contribution in [0.1, 0.15) is 72.7 Å². The standard InChI is InChI=1S/C34H44N2O6S/c1-5-6-12-32(37)27-18-28(20-29(35)19-27)33(38)21-26(17-25-10-8-7-9-11-25)34(39)23-36(22-24(2)3)43(40,41)31-15-13-30(42-4)14-16-31/h7-11,13-16,18-20,24,26,34,39H,5-6,12,17,21-23,35H2,1-4H3/t26-,34-/m1/s1. The number of nitrogen functional groups attached to an aromatic ring is 1. The van der Waals surface area contributed by atoms with Crippen LogP contribution in [-0.4, -0.2) is 55.7 Å². The first-order valence-electron chi connectivity index (χ1n) is 14.8. The Labute approximate surface area is 255 Å². The molecule has 3 N–H and O–H groups in total. The Bertz CT molecular complexity index is 1460. The monoisotopic (exact) mass is 608 g/mol. The average molecular weight is 609 g/mol. The zero-order valence-corrected chi connectivity index (χ0v) is 26.3. The minimum atomic E-state index is -3.95. The minimum Gasteiger partial charge on any atom is -0.497 e. The van der Waals surface area contributed by atoms with Gasteiger partial charge in [0.15, 0.2) is 11.6 Å².